The van der Waals surface area contributed by atoms with Crippen molar-refractivity contribution in [2.24, 2.45) is 5.10 Å². The number of aromatic nitrogens is 3. The highest BCUT2D eigenvalue weighted by molar-refractivity contribution is 7.71. The van der Waals surface area contributed by atoms with Crippen molar-refractivity contribution < 1.29 is 4.74 Å². The van der Waals surface area contributed by atoms with Crippen LogP contribution in [0.5, 0.6) is 5.75 Å². The standard InChI is InChI=1S/C18H22N4OS/c1-23-16-12-6-5-8-14(16)11-7-13-19-22-17(20-21-18(22)24)15-9-3-2-4-10-15/h5-8,11-13,15H,2-4,9-10H2,1H3,(H,21,24)/b11-7+,19-13-. The van der Waals surface area contributed by atoms with E-state index in [1.54, 1.807) is 18.0 Å². The van der Waals surface area contributed by atoms with Crippen LogP contribution in [0.25, 0.3) is 6.08 Å². The van der Waals surface area contributed by atoms with Gasteiger partial charge in [-0.2, -0.15) is 14.9 Å². The fourth-order valence-corrected chi connectivity index (χ4v) is 3.28. The van der Waals surface area contributed by atoms with Crippen molar-refractivity contribution in [1.29, 1.82) is 0 Å². The lowest BCUT2D eigenvalue weighted by molar-refractivity contribution is 0.414. The van der Waals surface area contributed by atoms with E-state index in [2.05, 4.69) is 15.3 Å². The van der Waals surface area contributed by atoms with Crippen molar-refractivity contribution in [2.75, 3.05) is 7.11 Å². The van der Waals surface area contributed by atoms with Gasteiger partial charge in [0.25, 0.3) is 0 Å². The molecule has 0 amide bonds. The van der Waals surface area contributed by atoms with E-state index in [4.69, 9.17) is 17.0 Å². The maximum absolute atomic E-state index is 5.33. The fraction of sp³-hybridized carbons (Fsp3) is 0.389. The summed E-state index contributed by atoms with van der Waals surface area (Å²) < 4.78 is 7.62. The molecule has 1 aliphatic carbocycles. The SMILES string of the molecule is COc1ccccc1/C=C/C=N\n1c(C2CCCCC2)n[nH]c1=S. The highest BCUT2D eigenvalue weighted by Gasteiger charge is 2.21. The first-order valence-electron chi connectivity index (χ1n) is 8.31. The minimum absolute atomic E-state index is 0.446. The van der Waals surface area contributed by atoms with E-state index in [0.29, 0.717) is 10.7 Å². The van der Waals surface area contributed by atoms with Gasteiger partial charge in [0.2, 0.25) is 4.77 Å². The maximum atomic E-state index is 5.33. The van der Waals surface area contributed by atoms with Gasteiger partial charge in [-0.1, -0.05) is 37.5 Å². The number of nitrogens with one attached hydrogen (secondary N) is 1. The number of aromatic amines is 1. The first kappa shape index (κ1) is 16.6. The number of hydrogen-bond acceptors (Lipinski definition) is 4. The number of benzene rings is 1. The van der Waals surface area contributed by atoms with Gasteiger partial charge in [0, 0.05) is 17.7 Å². The molecule has 6 heteroatoms. The third kappa shape index (κ3) is 3.82. The van der Waals surface area contributed by atoms with Gasteiger partial charge < -0.3 is 4.74 Å². The molecular formula is C18H22N4OS. The monoisotopic (exact) mass is 342 g/mol. The third-order valence-corrected chi connectivity index (χ3v) is 4.59. The summed E-state index contributed by atoms with van der Waals surface area (Å²) in [6, 6.07) is 7.86. The van der Waals surface area contributed by atoms with Crippen LogP contribution < -0.4 is 4.74 Å². The van der Waals surface area contributed by atoms with Crippen LogP contribution in [0.4, 0.5) is 0 Å². The van der Waals surface area contributed by atoms with Gasteiger partial charge in [0.15, 0.2) is 5.82 Å². The molecule has 0 radical (unpaired) electrons. The van der Waals surface area contributed by atoms with Crippen molar-refractivity contribution in [3.05, 3.63) is 46.5 Å². The molecule has 0 spiro atoms. The highest BCUT2D eigenvalue weighted by atomic mass is 32.1. The summed E-state index contributed by atoms with van der Waals surface area (Å²) in [5.41, 5.74) is 1.01. The Kier molecular flexibility index (Phi) is 5.59. The number of rotatable bonds is 5. The summed E-state index contributed by atoms with van der Waals surface area (Å²) in [4.78, 5) is 0. The molecule has 2 aromatic rings. The van der Waals surface area contributed by atoms with Gasteiger partial charge in [-0.15, -0.1) is 0 Å². The predicted octanol–water partition coefficient (Wildman–Crippen LogP) is 4.54. The molecule has 0 aliphatic heterocycles. The number of para-hydroxylation sites is 1. The average Bonchev–Trinajstić information content (AvgIpc) is 3.00. The molecule has 3 rings (SSSR count). The van der Waals surface area contributed by atoms with Gasteiger partial charge in [0.1, 0.15) is 5.75 Å². The molecule has 5 nitrogen and oxygen atoms in total. The van der Waals surface area contributed by atoms with Gasteiger partial charge in [-0.3, -0.25) is 5.10 Å². The number of H-pyrrole nitrogens is 1. The van der Waals surface area contributed by atoms with Crippen molar-refractivity contribution in [3.63, 3.8) is 0 Å². The Hall–Kier alpha value is -2.21. The molecule has 126 valence electrons. The molecule has 1 aromatic carbocycles. The third-order valence-electron chi connectivity index (χ3n) is 4.33. The van der Waals surface area contributed by atoms with Crippen LogP contribution in [0, 0.1) is 4.77 Å². The Morgan fingerprint density at radius 3 is 2.88 bits per heavy atom. The van der Waals surface area contributed by atoms with E-state index in [9.17, 15) is 0 Å². The molecule has 1 aromatic heterocycles. The van der Waals surface area contributed by atoms with Gasteiger partial charge in [-0.05, 0) is 43.3 Å². The lowest BCUT2D eigenvalue weighted by Gasteiger charge is -2.19. The zero-order valence-corrected chi connectivity index (χ0v) is 14.6. The average molecular weight is 342 g/mol. The van der Waals surface area contributed by atoms with Gasteiger partial charge >= 0.3 is 0 Å². The van der Waals surface area contributed by atoms with Gasteiger partial charge in [0.05, 0.1) is 7.11 Å². The topological polar surface area (TPSA) is 55.2 Å². The summed E-state index contributed by atoms with van der Waals surface area (Å²) >= 11 is 5.31. The summed E-state index contributed by atoms with van der Waals surface area (Å²) in [7, 11) is 1.67. The van der Waals surface area contributed by atoms with Crippen LogP contribution >= 0.6 is 12.2 Å². The molecule has 1 fully saturated rings. The Labute approximate surface area is 147 Å². The van der Waals surface area contributed by atoms with E-state index in [1.165, 1.54) is 19.3 Å². The van der Waals surface area contributed by atoms with E-state index >= 15 is 0 Å². The molecule has 0 atom stereocenters. The van der Waals surface area contributed by atoms with Crippen LogP contribution in [-0.2, 0) is 0 Å². The molecule has 0 bridgehead atoms. The fourth-order valence-electron chi connectivity index (χ4n) is 3.10. The minimum atomic E-state index is 0.446. The number of nitrogens with zero attached hydrogens (tertiary/aromatic N) is 3. The van der Waals surface area contributed by atoms with Crippen molar-refractivity contribution in [3.8, 4) is 5.75 Å². The second-order valence-electron chi connectivity index (χ2n) is 5.90. The molecule has 0 unspecified atom stereocenters. The molecular weight excluding hydrogens is 320 g/mol. The molecule has 1 aliphatic rings. The largest absolute Gasteiger partial charge is 0.496 e. The van der Waals surface area contributed by atoms with Crippen LogP contribution in [0.3, 0.4) is 0 Å². The van der Waals surface area contributed by atoms with E-state index in [-0.39, 0.29) is 0 Å². The summed E-state index contributed by atoms with van der Waals surface area (Å²) in [6.07, 6.45) is 11.7. The Balaban J connectivity index is 1.76. The second-order valence-corrected chi connectivity index (χ2v) is 6.29. The zero-order chi connectivity index (χ0) is 16.8. The van der Waals surface area contributed by atoms with E-state index < -0.39 is 0 Å². The maximum Gasteiger partial charge on any atom is 0.216 e. The minimum Gasteiger partial charge on any atom is -0.496 e. The van der Waals surface area contributed by atoms with Crippen molar-refractivity contribution in [2.45, 2.75) is 38.0 Å². The lowest BCUT2D eigenvalue weighted by Crippen LogP contribution is -2.10. The highest BCUT2D eigenvalue weighted by Crippen LogP contribution is 2.31. The molecule has 24 heavy (non-hydrogen) atoms. The molecule has 1 heterocycles. The number of ether oxygens (including phenoxy) is 1. The number of methoxy groups -OCH3 is 1. The van der Waals surface area contributed by atoms with Crippen LogP contribution in [0.15, 0.2) is 35.4 Å². The second kappa shape index (κ2) is 8.06. The van der Waals surface area contributed by atoms with E-state index in [0.717, 1.165) is 30.0 Å². The summed E-state index contributed by atoms with van der Waals surface area (Å²) in [6.45, 7) is 0. The van der Waals surface area contributed by atoms with Crippen LogP contribution in [-0.4, -0.2) is 28.2 Å². The van der Waals surface area contributed by atoms with Crippen molar-refractivity contribution >= 4 is 24.5 Å². The zero-order valence-electron chi connectivity index (χ0n) is 13.8. The van der Waals surface area contributed by atoms with E-state index in [1.807, 2.05) is 36.4 Å². The van der Waals surface area contributed by atoms with Gasteiger partial charge in [-0.25, -0.2) is 0 Å². The summed E-state index contributed by atoms with van der Waals surface area (Å²) in [5.74, 6) is 2.23. The lowest BCUT2D eigenvalue weighted by atomic mass is 9.89. The quantitative estimate of drug-likeness (QED) is 0.641. The van der Waals surface area contributed by atoms with Crippen LogP contribution in [0.1, 0.15) is 49.4 Å². The normalized spacial score (nSPS) is 16.2. The summed E-state index contributed by atoms with van der Waals surface area (Å²) in [5, 5.41) is 11.7. The smallest absolute Gasteiger partial charge is 0.216 e. The molecule has 0 saturated heterocycles. The molecule has 1 N–H and O–H groups in total. The molecule has 1 saturated carbocycles. The number of allylic oxidation sites excluding steroid dienone is 1. The number of hydrogen-bond donors (Lipinski definition) is 1. The first-order valence-corrected chi connectivity index (χ1v) is 8.72. The van der Waals surface area contributed by atoms with Crippen LogP contribution in [0.2, 0.25) is 0 Å². The first-order chi connectivity index (χ1) is 11.8. The Morgan fingerprint density at radius 1 is 1.29 bits per heavy atom. The Bertz CT molecular complexity index is 784. The Morgan fingerprint density at radius 2 is 2.08 bits per heavy atom. The predicted molar refractivity (Wildman–Crippen MR) is 99.2 cm³/mol. The van der Waals surface area contributed by atoms with Crippen molar-refractivity contribution in [1.82, 2.24) is 14.9 Å².